The van der Waals surface area contributed by atoms with Crippen LogP contribution < -0.4 is 0 Å². The maximum atomic E-state index is 12.5. The molecule has 1 aromatic carbocycles. The van der Waals surface area contributed by atoms with E-state index in [1.54, 1.807) is 13.8 Å². The minimum atomic E-state index is -4.36. The molecule has 0 N–H and O–H groups in total. The van der Waals surface area contributed by atoms with Crippen molar-refractivity contribution in [2.24, 2.45) is 0 Å². The Balaban J connectivity index is 2.46. The van der Waals surface area contributed by atoms with Crippen LogP contribution in [0.4, 0.5) is 13.2 Å². The van der Waals surface area contributed by atoms with Crippen molar-refractivity contribution in [2.75, 3.05) is 0 Å². The van der Waals surface area contributed by atoms with E-state index in [4.69, 9.17) is 0 Å². The second kappa shape index (κ2) is 4.53. The van der Waals surface area contributed by atoms with Gasteiger partial charge in [-0.2, -0.15) is 18.3 Å². The number of carbonyl (C=O) groups is 1. The molecule has 0 saturated carbocycles. The van der Waals surface area contributed by atoms with Crippen molar-refractivity contribution in [1.29, 1.82) is 0 Å². The zero-order chi connectivity index (χ0) is 14.2. The van der Waals surface area contributed by atoms with E-state index < -0.39 is 11.7 Å². The SMILES string of the molecule is Cc1nn(-c2ccc(C(F)(F)F)cc2)c(C)c1C=O. The first-order valence-electron chi connectivity index (χ1n) is 5.53. The molecule has 3 nitrogen and oxygen atoms in total. The zero-order valence-corrected chi connectivity index (χ0v) is 10.3. The summed E-state index contributed by atoms with van der Waals surface area (Å²) in [5, 5.41) is 4.15. The molecule has 0 amide bonds. The molecular weight excluding hydrogens is 257 g/mol. The van der Waals surface area contributed by atoms with Gasteiger partial charge >= 0.3 is 6.18 Å². The van der Waals surface area contributed by atoms with E-state index in [9.17, 15) is 18.0 Å². The van der Waals surface area contributed by atoms with Gasteiger partial charge in [0, 0.05) is 0 Å². The molecule has 0 fully saturated rings. The highest BCUT2D eigenvalue weighted by Gasteiger charge is 2.30. The van der Waals surface area contributed by atoms with E-state index in [1.807, 2.05) is 0 Å². The van der Waals surface area contributed by atoms with Gasteiger partial charge in [-0.25, -0.2) is 4.68 Å². The highest BCUT2D eigenvalue weighted by molar-refractivity contribution is 5.78. The predicted octanol–water partition coefficient (Wildman–Crippen LogP) is 3.32. The molecule has 0 radical (unpaired) electrons. The number of halogens is 3. The van der Waals surface area contributed by atoms with Crippen molar-refractivity contribution in [3.63, 3.8) is 0 Å². The average molecular weight is 268 g/mol. The number of benzene rings is 1. The number of rotatable bonds is 2. The minimum Gasteiger partial charge on any atom is -0.298 e. The lowest BCUT2D eigenvalue weighted by molar-refractivity contribution is -0.137. The first-order valence-corrected chi connectivity index (χ1v) is 5.53. The van der Waals surface area contributed by atoms with Gasteiger partial charge < -0.3 is 0 Å². The molecule has 1 heterocycles. The molecule has 0 bridgehead atoms. The Hall–Kier alpha value is -2.11. The average Bonchev–Trinajstić information content (AvgIpc) is 2.63. The van der Waals surface area contributed by atoms with Gasteiger partial charge in [-0.3, -0.25) is 4.79 Å². The van der Waals surface area contributed by atoms with E-state index in [2.05, 4.69) is 5.10 Å². The minimum absolute atomic E-state index is 0.458. The van der Waals surface area contributed by atoms with E-state index in [0.717, 1.165) is 12.1 Å². The van der Waals surface area contributed by atoms with Crippen LogP contribution in [0.15, 0.2) is 24.3 Å². The van der Waals surface area contributed by atoms with Crippen LogP contribution in [-0.4, -0.2) is 16.1 Å². The van der Waals surface area contributed by atoms with Crippen LogP contribution in [0, 0.1) is 13.8 Å². The van der Waals surface area contributed by atoms with Crippen molar-refractivity contribution in [3.05, 3.63) is 46.8 Å². The van der Waals surface area contributed by atoms with Gasteiger partial charge in [0.15, 0.2) is 6.29 Å². The Morgan fingerprint density at radius 3 is 2.16 bits per heavy atom. The summed E-state index contributed by atoms with van der Waals surface area (Å²) in [5.41, 5.74) is 1.38. The molecular formula is C13H11F3N2O. The van der Waals surface area contributed by atoms with Crippen LogP contribution >= 0.6 is 0 Å². The normalized spacial score (nSPS) is 11.6. The van der Waals surface area contributed by atoms with Crippen molar-refractivity contribution in [2.45, 2.75) is 20.0 Å². The molecule has 0 aliphatic heterocycles. The summed E-state index contributed by atoms with van der Waals surface area (Å²) in [7, 11) is 0. The number of carbonyl (C=O) groups excluding carboxylic acids is 1. The summed E-state index contributed by atoms with van der Waals surface area (Å²) < 4.78 is 38.8. The van der Waals surface area contributed by atoms with Gasteiger partial charge in [0.05, 0.1) is 28.2 Å². The third kappa shape index (κ3) is 2.38. The highest BCUT2D eigenvalue weighted by Crippen LogP contribution is 2.29. The molecule has 1 aromatic heterocycles. The number of alkyl halides is 3. The Morgan fingerprint density at radius 1 is 1.16 bits per heavy atom. The van der Waals surface area contributed by atoms with Gasteiger partial charge in [-0.05, 0) is 38.1 Å². The van der Waals surface area contributed by atoms with Crippen molar-refractivity contribution < 1.29 is 18.0 Å². The van der Waals surface area contributed by atoms with Gasteiger partial charge in [-0.1, -0.05) is 0 Å². The third-order valence-electron chi connectivity index (χ3n) is 2.90. The monoisotopic (exact) mass is 268 g/mol. The third-order valence-corrected chi connectivity index (χ3v) is 2.90. The van der Waals surface area contributed by atoms with Crippen LogP contribution in [0.3, 0.4) is 0 Å². The van der Waals surface area contributed by atoms with Crippen LogP contribution in [-0.2, 0) is 6.18 Å². The Kier molecular flexibility index (Phi) is 3.18. The van der Waals surface area contributed by atoms with Gasteiger partial charge in [0.1, 0.15) is 0 Å². The number of aldehydes is 1. The van der Waals surface area contributed by atoms with E-state index in [-0.39, 0.29) is 0 Å². The van der Waals surface area contributed by atoms with Gasteiger partial charge in [0.2, 0.25) is 0 Å². The lowest BCUT2D eigenvalue weighted by atomic mass is 10.2. The molecule has 19 heavy (non-hydrogen) atoms. The fraction of sp³-hybridized carbons (Fsp3) is 0.231. The topological polar surface area (TPSA) is 34.9 Å². The molecule has 2 rings (SSSR count). The smallest absolute Gasteiger partial charge is 0.298 e. The van der Waals surface area contributed by atoms with Crippen molar-refractivity contribution in [3.8, 4) is 5.69 Å². The van der Waals surface area contributed by atoms with Gasteiger partial charge in [-0.15, -0.1) is 0 Å². The number of aryl methyl sites for hydroxylation is 1. The molecule has 100 valence electrons. The molecule has 6 heteroatoms. The standard InChI is InChI=1S/C13H11F3N2O/c1-8-12(7-19)9(2)18(17-8)11-5-3-10(4-6-11)13(14,15)16/h3-7H,1-2H3. The molecule has 0 aliphatic carbocycles. The fourth-order valence-electron chi connectivity index (χ4n) is 1.87. The summed E-state index contributed by atoms with van der Waals surface area (Å²) in [6.45, 7) is 3.37. The lowest BCUT2D eigenvalue weighted by Crippen LogP contribution is -2.06. The first kappa shape index (κ1) is 13.3. The summed E-state index contributed by atoms with van der Waals surface area (Å²) in [6, 6.07) is 4.65. The summed E-state index contributed by atoms with van der Waals surface area (Å²) >= 11 is 0. The van der Waals surface area contributed by atoms with Crippen molar-refractivity contribution in [1.82, 2.24) is 9.78 Å². The van der Waals surface area contributed by atoms with Crippen LogP contribution in [0.1, 0.15) is 27.3 Å². The lowest BCUT2D eigenvalue weighted by Gasteiger charge is -2.08. The fourth-order valence-corrected chi connectivity index (χ4v) is 1.87. The summed E-state index contributed by atoms with van der Waals surface area (Å²) in [5.74, 6) is 0. The van der Waals surface area contributed by atoms with Crippen LogP contribution in [0.2, 0.25) is 0 Å². The number of nitrogens with zero attached hydrogens (tertiary/aromatic N) is 2. The summed E-state index contributed by atoms with van der Waals surface area (Å²) in [6.07, 6.45) is -3.67. The summed E-state index contributed by atoms with van der Waals surface area (Å²) in [4.78, 5) is 10.9. The Morgan fingerprint density at radius 2 is 1.74 bits per heavy atom. The highest BCUT2D eigenvalue weighted by atomic mass is 19.4. The first-order chi connectivity index (χ1) is 8.84. The largest absolute Gasteiger partial charge is 0.416 e. The molecule has 0 atom stereocenters. The van der Waals surface area contributed by atoms with Gasteiger partial charge in [0.25, 0.3) is 0 Å². The number of hydrogen-bond donors (Lipinski definition) is 0. The Bertz CT molecular complexity index is 612. The van der Waals surface area contributed by atoms with Crippen molar-refractivity contribution >= 4 is 6.29 Å². The molecule has 0 spiro atoms. The Labute approximate surface area is 107 Å². The maximum Gasteiger partial charge on any atom is 0.416 e. The molecule has 0 aliphatic rings. The zero-order valence-electron chi connectivity index (χ0n) is 10.3. The number of hydrogen-bond acceptors (Lipinski definition) is 2. The van der Waals surface area contributed by atoms with E-state index in [0.29, 0.717) is 28.9 Å². The van der Waals surface area contributed by atoms with E-state index in [1.165, 1.54) is 16.8 Å². The maximum absolute atomic E-state index is 12.5. The molecule has 0 saturated heterocycles. The molecule has 2 aromatic rings. The van der Waals surface area contributed by atoms with Crippen LogP contribution in [0.25, 0.3) is 5.69 Å². The second-order valence-electron chi connectivity index (χ2n) is 4.16. The quantitative estimate of drug-likeness (QED) is 0.783. The second-order valence-corrected chi connectivity index (χ2v) is 4.16. The van der Waals surface area contributed by atoms with E-state index >= 15 is 0 Å². The number of aromatic nitrogens is 2. The van der Waals surface area contributed by atoms with Crippen LogP contribution in [0.5, 0.6) is 0 Å². The molecule has 0 unspecified atom stereocenters. The predicted molar refractivity (Wildman–Crippen MR) is 63.4 cm³/mol.